The van der Waals surface area contributed by atoms with Gasteiger partial charge in [-0.1, -0.05) is 43.3 Å². The summed E-state index contributed by atoms with van der Waals surface area (Å²) in [5.74, 6) is 0.134. The summed E-state index contributed by atoms with van der Waals surface area (Å²) in [6.45, 7) is 2.06. The zero-order chi connectivity index (χ0) is 23.7. The molecule has 0 unspecified atom stereocenters. The average Bonchev–Trinajstić information content (AvgIpc) is 3.42. The molecule has 0 radical (unpaired) electrons. The number of carbonyl (C=O) groups is 1. The quantitative estimate of drug-likeness (QED) is 0.353. The fourth-order valence-corrected chi connectivity index (χ4v) is 4.08. The van der Waals surface area contributed by atoms with E-state index in [0.717, 1.165) is 10.9 Å². The zero-order valence-corrected chi connectivity index (χ0v) is 18.5. The Morgan fingerprint density at radius 2 is 1.94 bits per heavy atom. The van der Waals surface area contributed by atoms with E-state index in [4.69, 9.17) is 9.47 Å². The molecule has 1 aliphatic rings. The highest BCUT2D eigenvalue weighted by molar-refractivity contribution is 5.84. The molecule has 2 aromatic heterocycles. The van der Waals surface area contributed by atoms with Crippen molar-refractivity contribution in [1.82, 2.24) is 19.5 Å². The van der Waals surface area contributed by atoms with Crippen molar-refractivity contribution in [1.29, 1.82) is 0 Å². The smallest absolute Gasteiger partial charge is 0.305 e. The summed E-state index contributed by atoms with van der Waals surface area (Å²) in [5.41, 5.74) is 2.04. The van der Waals surface area contributed by atoms with E-state index in [2.05, 4.69) is 50.6 Å². The zero-order valence-electron chi connectivity index (χ0n) is 18.5. The maximum atomic E-state index is 11.4. The van der Waals surface area contributed by atoms with Crippen LogP contribution in [0.15, 0.2) is 55.1 Å². The summed E-state index contributed by atoms with van der Waals surface area (Å²) in [6.07, 6.45) is -1.16. The highest BCUT2D eigenvalue weighted by atomic mass is 16.6. The molecule has 10 heteroatoms. The van der Waals surface area contributed by atoms with Crippen LogP contribution in [0.5, 0.6) is 0 Å². The monoisotopic (exact) mass is 463 g/mol. The maximum Gasteiger partial charge on any atom is 0.305 e. The van der Waals surface area contributed by atoms with Gasteiger partial charge in [0.25, 0.3) is 0 Å². The average molecular weight is 463 g/mol. The number of ether oxygens (including phenoxy) is 2. The van der Waals surface area contributed by atoms with Gasteiger partial charge in [0.05, 0.1) is 6.33 Å². The molecule has 3 N–H and O–H groups in total. The fraction of sp³-hybridized carbons (Fsp3) is 0.333. The summed E-state index contributed by atoms with van der Waals surface area (Å²) >= 11 is 0. The number of aromatic nitrogens is 4. The molecule has 0 bridgehead atoms. The van der Waals surface area contributed by atoms with Gasteiger partial charge in [0.15, 0.2) is 23.2 Å². The molecule has 176 valence electrons. The van der Waals surface area contributed by atoms with Crippen LogP contribution in [0, 0.1) is 0 Å². The number of hydrogen-bond donors (Lipinski definition) is 3. The number of aliphatic hydroxyl groups is 2. The van der Waals surface area contributed by atoms with Gasteiger partial charge in [-0.25, -0.2) is 15.0 Å². The van der Waals surface area contributed by atoms with E-state index in [1.807, 2.05) is 12.1 Å². The first-order valence-corrected chi connectivity index (χ1v) is 11.1. The van der Waals surface area contributed by atoms with Crippen LogP contribution in [0.25, 0.3) is 21.9 Å². The van der Waals surface area contributed by atoms with Crippen molar-refractivity contribution in [3.8, 4) is 0 Å². The number of nitrogens with one attached hydrogen (secondary N) is 1. The van der Waals surface area contributed by atoms with Gasteiger partial charge in [-0.3, -0.25) is 9.36 Å². The van der Waals surface area contributed by atoms with E-state index in [1.54, 1.807) is 11.5 Å². The van der Waals surface area contributed by atoms with Crippen molar-refractivity contribution < 1.29 is 24.5 Å². The van der Waals surface area contributed by atoms with Crippen molar-refractivity contribution in [3.05, 3.63) is 60.7 Å². The molecule has 1 aliphatic heterocycles. The Balaban J connectivity index is 1.34. The van der Waals surface area contributed by atoms with Gasteiger partial charge >= 0.3 is 5.97 Å². The number of benzene rings is 2. The van der Waals surface area contributed by atoms with Crippen molar-refractivity contribution in [2.75, 3.05) is 11.9 Å². The van der Waals surface area contributed by atoms with Crippen molar-refractivity contribution in [2.45, 2.75) is 44.4 Å². The SMILES string of the molecule is CCC(=O)OC[C@H]1O[C@@H](n2cnc3c(NCc4ccc5ccccc5c4)ncnc32)[C@H](O)[C@@H]1O. The van der Waals surface area contributed by atoms with Gasteiger partial charge < -0.3 is 25.0 Å². The molecule has 5 rings (SSSR count). The van der Waals surface area contributed by atoms with Gasteiger partial charge in [-0.05, 0) is 22.4 Å². The lowest BCUT2D eigenvalue weighted by atomic mass is 10.1. The molecule has 4 aromatic rings. The van der Waals surface area contributed by atoms with Gasteiger partial charge in [-0.2, -0.15) is 0 Å². The largest absolute Gasteiger partial charge is 0.463 e. The minimum atomic E-state index is -1.24. The van der Waals surface area contributed by atoms with Gasteiger partial charge in [-0.15, -0.1) is 0 Å². The molecule has 2 aromatic carbocycles. The number of hydrogen-bond acceptors (Lipinski definition) is 9. The second-order valence-electron chi connectivity index (χ2n) is 8.16. The molecule has 4 atom stereocenters. The van der Waals surface area contributed by atoms with Crippen LogP contribution in [-0.2, 0) is 20.8 Å². The summed E-state index contributed by atoms with van der Waals surface area (Å²) in [4.78, 5) is 24.5. The van der Waals surface area contributed by atoms with Crippen LogP contribution < -0.4 is 5.32 Å². The first-order chi connectivity index (χ1) is 16.5. The minimum absolute atomic E-state index is 0.151. The molecule has 0 spiro atoms. The lowest BCUT2D eigenvalue weighted by molar-refractivity contribution is -0.149. The Labute approximate surface area is 195 Å². The molecule has 1 saturated heterocycles. The highest BCUT2D eigenvalue weighted by Crippen LogP contribution is 2.32. The summed E-state index contributed by atoms with van der Waals surface area (Å²) in [5, 5.41) is 26.6. The lowest BCUT2D eigenvalue weighted by Crippen LogP contribution is -2.34. The summed E-state index contributed by atoms with van der Waals surface area (Å²) < 4.78 is 12.4. The van der Waals surface area contributed by atoms with E-state index in [9.17, 15) is 15.0 Å². The van der Waals surface area contributed by atoms with E-state index >= 15 is 0 Å². The Kier molecular flexibility index (Phi) is 6.10. The van der Waals surface area contributed by atoms with Gasteiger partial charge in [0, 0.05) is 13.0 Å². The Bertz CT molecular complexity index is 1330. The predicted molar refractivity (Wildman–Crippen MR) is 124 cm³/mol. The first kappa shape index (κ1) is 22.2. The van der Waals surface area contributed by atoms with Crippen LogP contribution in [-0.4, -0.2) is 60.6 Å². The van der Waals surface area contributed by atoms with Crippen LogP contribution in [0.2, 0.25) is 0 Å². The number of carbonyl (C=O) groups excluding carboxylic acids is 1. The normalized spacial score (nSPS) is 22.3. The molecule has 10 nitrogen and oxygen atoms in total. The van der Waals surface area contributed by atoms with Crippen LogP contribution in [0.1, 0.15) is 25.1 Å². The van der Waals surface area contributed by atoms with Crippen molar-refractivity contribution in [3.63, 3.8) is 0 Å². The first-order valence-electron chi connectivity index (χ1n) is 11.1. The topological polar surface area (TPSA) is 132 Å². The van der Waals surface area contributed by atoms with E-state index in [1.165, 1.54) is 18.0 Å². The molecule has 3 heterocycles. The van der Waals surface area contributed by atoms with E-state index in [0.29, 0.717) is 23.5 Å². The molecular weight excluding hydrogens is 438 g/mol. The third kappa shape index (κ3) is 4.18. The Hall–Kier alpha value is -3.60. The third-order valence-corrected chi connectivity index (χ3v) is 5.94. The number of esters is 1. The van der Waals surface area contributed by atoms with E-state index < -0.39 is 30.5 Å². The molecule has 0 amide bonds. The van der Waals surface area contributed by atoms with Crippen LogP contribution in [0.3, 0.4) is 0 Å². The Morgan fingerprint density at radius 3 is 2.76 bits per heavy atom. The summed E-state index contributed by atoms with van der Waals surface area (Å²) in [6, 6.07) is 14.4. The number of rotatable bonds is 7. The van der Waals surface area contributed by atoms with Crippen molar-refractivity contribution >= 4 is 33.7 Å². The number of aliphatic hydroxyl groups excluding tert-OH is 2. The van der Waals surface area contributed by atoms with Crippen LogP contribution >= 0.6 is 0 Å². The number of anilines is 1. The second kappa shape index (κ2) is 9.34. The fourth-order valence-electron chi connectivity index (χ4n) is 4.08. The molecular formula is C24H25N5O5. The second-order valence-corrected chi connectivity index (χ2v) is 8.16. The lowest BCUT2D eigenvalue weighted by Gasteiger charge is -2.16. The third-order valence-electron chi connectivity index (χ3n) is 5.94. The maximum absolute atomic E-state index is 11.4. The standard InChI is InChI=1S/C24H25N5O5/c1-2-18(30)33-11-17-20(31)21(32)24(34-17)29-13-28-19-22(26-12-27-23(19)29)25-10-14-7-8-15-5-3-4-6-16(15)9-14/h3-9,12-13,17,20-21,24,31-32H,2,10-11H2,1H3,(H,25,26,27)/t17-,20-,21-,24-/m1/s1. The number of nitrogens with zero attached hydrogens (tertiary/aromatic N) is 4. The highest BCUT2D eigenvalue weighted by Gasteiger charge is 2.44. The van der Waals surface area contributed by atoms with Crippen LogP contribution in [0.4, 0.5) is 5.82 Å². The van der Waals surface area contributed by atoms with Gasteiger partial charge in [0.1, 0.15) is 31.2 Å². The number of imidazole rings is 1. The van der Waals surface area contributed by atoms with Crippen molar-refractivity contribution in [2.24, 2.45) is 0 Å². The molecule has 0 aliphatic carbocycles. The molecule has 34 heavy (non-hydrogen) atoms. The number of fused-ring (bicyclic) bond motifs is 2. The Morgan fingerprint density at radius 1 is 1.12 bits per heavy atom. The van der Waals surface area contributed by atoms with Gasteiger partial charge in [0.2, 0.25) is 0 Å². The van der Waals surface area contributed by atoms with E-state index in [-0.39, 0.29) is 13.0 Å². The molecule has 0 saturated carbocycles. The molecule has 1 fully saturated rings. The minimum Gasteiger partial charge on any atom is -0.463 e. The summed E-state index contributed by atoms with van der Waals surface area (Å²) in [7, 11) is 0. The predicted octanol–water partition coefficient (Wildman–Crippen LogP) is 2.16.